The number of hydrogen-bond donors (Lipinski definition) is 1. The van der Waals surface area contributed by atoms with Gasteiger partial charge in [0.25, 0.3) is 5.69 Å². The first kappa shape index (κ1) is 11.7. The maximum absolute atomic E-state index is 10.6. The largest absolute Gasteiger partial charge is 0.397 e. The number of nitro groups is 1. The van der Waals surface area contributed by atoms with Gasteiger partial charge in [-0.05, 0) is 24.3 Å². The average Bonchev–Trinajstić information content (AvgIpc) is 2.93. The van der Waals surface area contributed by atoms with Crippen LogP contribution in [0.15, 0.2) is 18.2 Å². The molecule has 1 aliphatic rings. The van der Waals surface area contributed by atoms with E-state index in [4.69, 9.17) is 5.73 Å². The number of benzene rings is 1. The molecule has 0 spiro atoms. The summed E-state index contributed by atoms with van der Waals surface area (Å²) >= 11 is 0. The van der Waals surface area contributed by atoms with Crippen LogP contribution in [0.4, 0.5) is 17.1 Å². The Morgan fingerprint density at radius 2 is 2.24 bits per heavy atom. The number of nitrogens with two attached hydrogens (primary N) is 1. The molecular weight excluding hydrogens is 218 g/mol. The third-order valence-electron chi connectivity index (χ3n) is 3.42. The van der Waals surface area contributed by atoms with Gasteiger partial charge in [-0.15, -0.1) is 0 Å². The van der Waals surface area contributed by atoms with Crippen molar-refractivity contribution < 1.29 is 4.92 Å². The van der Waals surface area contributed by atoms with E-state index in [-0.39, 0.29) is 5.69 Å². The fourth-order valence-electron chi connectivity index (χ4n) is 2.11. The quantitative estimate of drug-likeness (QED) is 0.493. The van der Waals surface area contributed by atoms with Crippen molar-refractivity contribution in [3.8, 4) is 0 Å². The van der Waals surface area contributed by atoms with Crippen LogP contribution in [0, 0.1) is 22.0 Å². The van der Waals surface area contributed by atoms with E-state index >= 15 is 0 Å². The van der Waals surface area contributed by atoms with E-state index in [9.17, 15) is 10.1 Å². The standard InChI is InChI=1S/C12H17N3O2/c1-8-5-9(8)7-14(2)12-4-3-10(15(16)17)6-11(12)13/h3-4,6,8-9H,5,7,13H2,1-2H3. The molecule has 5 nitrogen and oxygen atoms in total. The van der Waals surface area contributed by atoms with Gasteiger partial charge in [-0.1, -0.05) is 6.92 Å². The molecule has 0 saturated heterocycles. The lowest BCUT2D eigenvalue weighted by Crippen LogP contribution is -2.21. The molecule has 0 bridgehead atoms. The van der Waals surface area contributed by atoms with E-state index in [1.807, 2.05) is 7.05 Å². The second kappa shape index (κ2) is 4.24. The number of anilines is 2. The molecule has 2 atom stereocenters. The van der Waals surface area contributed by atoms with Crippen molar-refractivity contribution in [2.75, 3.05) is 24.2 Å². The maximum Gasteiger partial charge on any atom is 0.271 e. The van der Waals surface area contributed by atoms with E-state index in [1.165, 1.54) is 18.6 Å². The minimum absolute atomic E-state index is 0.0411. The van der Waals surface area contributed by atoms with E-state index in [1.54, 1.807) is 6.07 Å². The Balaban J connectivity index is 2.12. The molecule has 17 heavy (non-hydrogen) atoms. The van der Waals surface area contributed by atoms with Crippen LogP contribution in [0.3, 0.4) is 0 Å². The van der Waals surface area contributed by atoms with Gasteiger partial charge in [0, 0.05) is 25.7 Å². The Hall–Kier alpha value is -1.78. The molecule has 0 heterocycles. The molecule has 1 aromatic rings. The van der Waals surface area contributed by atoms with Crippen molar-refractivity contribution in [1.29, 1.82) is 0 Å². The lowest BCUT2D eigenvalue weighted by atomic mass is 10.2. The number of nitro benzene ring substituents is 1. The third kappa shape index (κ3) is 2.49. The summed E-state index contributed by atoms with van der Waals surface area (Å²) in [6.45, 7) is 3.20. The Morgan fingerprint density at radius 3 is 2.71 bits per heavy atom. The Labute approximate surface area is 100 Å². The normalized spacial score (nSPS) is 22.2. The van der Waals surface area contributed by atoms with Gasteiger partial charge in [0.1, 0.15) is 0 Å². The summed E-state index contributed by atoms with van der Waals surface area (Å²) in [4.78, 5) is 12.3. The second-order valence-electron chi connectivity index (χ2n) is 4.85. The zero-order chi connectivity index (χ0) is 12.6. The highest BCUT2D eigenvalue weighted by Gasteiger charge is 2.33. The van der Waals surface area contributed by atoms with Crippen molar-refractivity contribution in [1.82, 2.24) is 0 Å². The van der Waals surface area contributed by atoms with Crippen LogP contribution in [0.25, 0.3) is 0 Å². The summed E-state index contributed by atoms with van der Waals surface area (Å²) < 4.78 is 0. The first-order valence-corrected chi connectivity index (χ1v) is 5.74. The van der Waals surface area contributed by atoms with Crippen molar-refractivity contribution in [2.24, 2.45) is 11.8 Å². The zero-order valence-corrected chi connectivity index (χ0v) is 10.1. The smallest absolute Gasteiger partial charge is 0.271 e. The highest BCUT2D eigenvalue weighted by molar-refractivity contribution is 5.70. The molecule has 2 N–H and O–H groups in total. The van der Waals surface area contributed by atoms with Crippen LogP contribution < -0.4 is 10.6 Å². The van der Waals surface area contributed by atoms with Gasteiger partial charge < -0.3 is 10.6 Å². The number of hydrogen-bond acceptors (Lipinski definition) is 4. The van der Waals surface area contributed by atoms with Crippen LogP contribution in [0.5, 0.6) is 0 Å². The predicted octanol–water partition coefficient (Wildman–Crippen LogP) is 2.27. The van der Waals surface area contributed by atoms with Crippen LogP contribution in [0.2, 0.25) is 0 Å². The van der Waals surface area contributed by atoms with E-state index < -0.39 is 4.92 Å². The van der Waals surface area contributed by atoms with Crippen molar-refractivity contribution >= 4 is 17.1 Å². The minimum atomic E-state index is -0.427. The first-order chi connectivity index (χ1) is 7.99. The summed E-state index contributed by atoms with van der Waals surface area (Å²) in [6, 6.07) is 4.64. The Bertz CT molecular complexity index is 447. The van der Waals surface area contributed by atoms with Gasteiger partial charge in [-0.2, -0.15) is 0 Å². The molecular formula is C12H17N3O2. The topological polar surface area (TPSA) is 72.4 Å². The lowest BCUT2D eigenvalue weighted by Gasteiger charge is -2.20. The van der Waals surface area contributed by atoms with Crippen molar-refractivity contribution in [3.63, 3.8) is 0 Å². The van der Waals surface area contributed by atoms with Crippen LogP contribution >= 0.6 is 0 Å². The Kier molecular flexibility index (Phi) is 2.92. The maximum atomic E-state index is 10.6. The third-order valence-corrected chi connectivity index (χ3v) is 3.42. The molecule has 0 radical (unpaired) electrons. The minimum Gasteiger partial charge on any atom is -0.397 e. The van der Waals surface area contributed by atoms with Crippen LogP contribution in [0.1, 0.15) is 13.3 Å². The molecule has 2 rings (SSSR count). The zero-order valence-electron chi connectivity index (χ0n) is 10.1. The SMILES string of the molecule is CC1CC1CN(C)c1ccc([N+](=O)[O-])cc1N. The van der Waals surface area contributed by atoms with E-state index in [0.29, 0.717) is 5.69 Å². The summed E-state index contributed by atoms with van der Waals surface area (Å²) in [5.74, 6) is 1.52. The van der Waals surface area contributed by atoms with Gasteiger partial charge in [0.15, 0.2) is 0 Å². The molecule has 1 aromatic carbocycles. The summed E-state index contributed by atoms with van der Waals surface area (Å²) in [6.07, 6.45) is 1.26. The van der Waals surface area contributed by atoms with Gasteiger partial charge in [0.2, 0.25) is 0 Å². The summed E-state index contributed by atoms with van der Waals surface area (Å²) in [5.41, 5.74) is 7.22. The average molecular weight is 235 g/mol. The number of non-ortho nitro benzene ring substituents is 1. The molecule has 0 aromatic heterocycles. The number of nitrogen functional groups attached to an aromatic ring is 1. The fourth-order valence-corrected chi connectivity index (χ4v) is 2.11. The highest BCUT2D eigenvalue weighted by Crippen LogP contribution is 2.39. The van der Waals surface area contributed by atoms with Gasteiger partial charge in [-0.25, -0.2) is 0 Å². The Morgan fingerprint density at radius 1 is 1.59 bits per heavy atom. The molecule has 1 fully saturated rings. The summed E-state index contributed by atoms with van der Waals surface area (Å²) in [5, 5.41) is 10.6. The molecule has 0 aliphatic heterocycles. The number of rotatable bonds is 4. The second-order valence-corrected chi connectivity index (χ2v) is 4.85. The molecule has 92 valence electrons. The van der Waals surface area contributed by atoms with E-state index in [0.717, 1.165) is 24.1 Å². The lowest BCUT2D eigenvalue weighted by molar-refractivity contribution is -0.384. The number of nitrogens with zero attached hydrogens (tertiary/aromatic N) is 2. The first-order valence-electron chi connectivity index (χ1n) is 5.74. The monoisotopic (exact) mass is 235 g/mol. The highest BCUT2D eigenvalue weighted by atomic mass is 16.6. The predicted molar refractivity (Wildman–Crippen MR) is 68.0 cm³/mol. The molecule has 0 amide bonds. The molecule has 5 heteroatoms. The van der Waals surface area contributed by atoms with Gasteiger partial charge in [-0.3, -0.25) is 10.1 Å². The van der Waals surface area contributed by atoms with Gasteiger partial charge in [0.05, 0.1) is 16.3 Å². The molecule has 1 aliphatic carbocycles. The van der Waals surface area contributed by atoms with Crippen molar-refractivity contribution in [3.05, 3.63) is 28.3 Å². The summed E-state index contributed by atoms with van der Waals surface area (Å²) in [7, 11) is 1.97. The van der Waals surface area contributed by atoms with Crippen molar-refractivity contribution in [2.45, 2.75) is 13.3 Å². The molecule has 2 unspecified atom stereocenters. The van der Waals surface area contributed by atoms with Crippen LogP contribution in [-0.2, 0) is 0 Å². The van der Waals surface area contributed by atoms with E-state index in [2.05, 4.69) is 11.8 Å². The molecule has 1 saturated carbocycles. The van der Waals surface area contributed by atoms with Crippen LogP contribution in [-0.4, -0.2) is 18.5 Å². The van der Waals surface area contributed by atoms with Gasteiger partial charge >= 0.3 is 0 Å². The fraction of sp³-hybridized carbons (Fsp3) is 0.500.